The van der Waals surface area contributed by atoms with E-state index in [0.717, 1.165) is 16.2 Å². The average molecular weight is 379 g/mol. The molecular formula is C19H22O4S2. The van der Waals surface area contributed by atoms with Crippen molar-refractivity contribution >= 4 is 27.6 Å². The molecule has 2 N–H and O–H groups in total. The summed E-state index contributed by atoms with van der Waals surface area (Å²) in [6, 6.07) is 17.9. The smallest absolute Gasteiger partial charge is 0.306 e. The molecule has 1 atom stereocenters. The van der Waals surface area contributed by atoms with Gasteiger partial charge in [0.1, 0.15) is 12.4 Å². The molecule has 0 aliphatic rings. The van der Waals surface area contributed by atoms with E-state index in [2.05, 4.69) is 0 Å². The van der Waals surface area contributed by atoms with Crippen molar-refractivity contribution in [2.75, 3.05) is 5.75 Å². The number of carboxylic acid groups (broad SMARTS) is 1. The minimum Gasteiger partial charge on any atom is -0.489 e. The van der Waals surface area contributed by atoms with Gasteiger partial charge in [0, 0.05) is 10.6 Å². The number of carbonyl (C=O) groups is 1. The average Bonchev–Trinajstić information content (AvgIpc) is 2.58. The summed E-state index contributed by atoms with van der Waals surface area (Å²) in [6.45, 7) is 2.10. The number of hydrogen-bond donors (Lipinski definition) is 2. The Morgan fingerprint density at radius 3 is 2.44 bits per heavy atom. The molecule has 1 unspecified atom stereocenters. The van der Waals surface area contributed by atoms with E-state index in [4.69, 9.17) is 9.84 Å². The van der Waals surface area contributed by atoms with Crippen molar-refractivity contribution in [3.8, 4) is 5.75 Å². The van der Waals surface area contributed by atoms with E-state index in [9.17, 15) is 9.90 Å². The molecule has 0 fully saturated rings. The summed E-state index contributed by atoms with van der Waals surface area (Å²) in [4.78, 5) is 11.8. The van der Waals surface area contributed by atoms with Crippen LogP contribution in [0.15, 0.2) is 59.5 Å². The molecule has 25 heavy (non-hydrogen) atoms. The van der Waals surface area contributed by atoms with Gasteiger partial charge in [-0.05, 0) is 43.2 Å². The number of hydrogen-bond acceptors (Lipinski definition) is 5. The van der Waals surface area contributed by atoms with E-state index in [-0.39, 0.29) is 6.42 Å². The summed E-state index contributed by atoms with van der Waals surface area (Å²) in [7, 11) is 3.21. The van der Waals surface area contributed by atoms with Gasteiger partial charge in [0.25, 0.3) is 0 Å². The van der Waals surface area contributed by atoms with Gasteiger partial charge in [-0.1, -0.05) is 51.9 Å². The van der Waals surface area contributed by atoms with Crippen molar-refractivity contribution in [1.82, 2.24) is 0 Å². The highest BCUT2D eigenvalue weighted by Crippen LogP contribution is 2.34. The number of aliphatic hydroxyl groups is 1. The molecule has 0 spiro atoms. The van der Waals surface area contributed by atoms with Crippen molar-refractivity contribution in [1.29, 1.82) is 0 Å². The highest BCUT2D eigenvalue weighted by molar-refractivity contribution is 8.76. The molecule has 2 aromatic rings. The summed E-state index contributed by atoms with van der Waals surface area (Å²) in [5.74, 6) is 0.522. The Balaban J connectivity index is 1.70. The molecular weight excluding hydrogens is 356 g/mol. The van der Waals surface area contributed by atoms with Crippen molar-refractivity contribution in [3.05, 3.63) is 60.2 Å². The summed E-state index contributed by atoms with van der Waals surface area (Å²) >= 11 is 0. The van der Waals surface area contributed by atoms with E-state index in [0.29, 0.717) is 18.8 Å². The zero-order valence-electron chi connectivity index (χ0n) is 14.1. The van der Waals surface area contributed by atoms with Crippen LogP contribution in [0, 0.1) is 0 Å². The van der Waals surface area contributed by atoms with E-state index in [1.54, 1.807) is 28.5 Å². The SMILES string of the molecule is CC(O)(CCSSc1ccc(OCc2ccccc2)cc1)CC(=O)O. The second-order valence-electron chi connectivity index (χ2n) is 5.97. The molecule has 0 bridgehead atoms. The quantitative estimate of drug-likeness (QED) is 0.464. The first-order valence-corrected chi connectivity index (χ1v) is 10.3. The fourth-order valence-electron chi connectivity index (χ4n) is 2.12. The second kappa shape index (κ2) is 9.75. The monoisotopic (exact) mass is 378 g/mol. The molecule has 0 radical (unpaired) electrons. The van der Waals surface area contributed by atoms with Gasteiger partial charge in [0.15, 0.2) is 0 Å². The minimum atomic E-state index is -1.16. The van der Waals surface area contributed by atoms with Crippen LogP contribution in [0.3, 0.4) is 0 Å². The Hall–Kier alpha value is -1.63. The Morgan fingerprint density at radius 1 is 1.12 bits per heavy atom. The van der Waals surface area contributed by atoms with Gasteiger partial charge in [-0.15, -0.1) is 0 Å². The first kappa shape index (κ1) is 19.7. The maximum Gasteiger partial charge on any atom is 0.306 e. The van der Waals surface area contributed by atoms with E-state index >= 15 is 0 Å². The maximum atomic E-state index is 10.7. The fourth-order valence-corrected chi connectivity index (χ4v) is 4.35. The van der Waals surface area contributed by atoms with Gasteiger partial charge in [0.2, 0.25) is 0 Å². The highest BCUT2D eigenvalue weighted by atomic mass is 33.1. The van der Waals surface area contributed by atoms with Gasteiger partial charge in [-0.25, -0.2) is 0 Å². The summed E-state index contributed by atoms with van der Waals surface area (Å²) in [6.07, 6.45) is 0.209. The number of carboxylic acids is 1. The molecule has 0 aromatic heterocycles. The van der Waals surface area contributed by atoms with Crippen molar-refractivity contribution < 1.29 is 19.7 Å². The molecule has 0 amide bonds. The normalized spacial score (nSPS) is 13.2. The molecule has 0 heterocycles. The molecule has 0 aliphatic heterocycles. The van der Waals surface area contributed by atoms with Crippen molar-refractivity contribution in [2.45, 2.75) is 36.9 Å². The van der Waals surface area contributed by atoms with Gasteiger partial charge >= 0.3 is 5.97 Å². The van der Waals surface area contributed by atoms with Crippen molar-refractivity contribution in [3.63, 3.8) is 0 Å². The first-order valence-electron chi connectivity index (χ1n) is 7.95. The lowest BCUT2D eigenvalue weighted by molar-refractivity contribution is -0.141. The van der Waals surface area contributed by atoms with E-state index in [1.165, 1.54) is 0 Å². The van der Waals surface area contributed by atoms with Gasteiger partial charge < -0.3 is 14.9 Å². The molecule has 0 saturated carbocycles. The standard InChI is InChI=1S/C19H22O4S2/c1-19(22,13-18(20)21)11-12-24-25-17-9-7-16(8-10-17)23-14-15-5-3-2-4-6-15/h2-10,22H,11-14H2,1H3,(H,20,21). The maximum absolute atomic E-state index is 10.7. The molecule has 2 rings (SSSR count). The topological polar surface area (TPSA) is 66.8 Å². The number of rotatable bonds is 10. The van der Waals surface area contributed by atoms with Crippen LogP contribution in [0.5, 0.6) is 5.75 Å². The zero-order valence-corrected chi connectivity index (χ0v) is 15.7. The van der Waals surface area contributed by atoms with Crippen LogP contribution in [0.25, 0.3) is 0 Å². The number of aliphatic carboxylic acids is 1. The predicted octanol–water partition coefficient (Wildman–Crippen LogP) is 4.62. The third-order valence-electron chi connectivity index (χ3n) is 3.48. The van der Waals surface area contributed by atoms with Crippen LogP contribution >= 0.6 is 21.6 Å². The third kappa shape index (κ3) is 7.86. The molecule has 0 aliphatic carbocycles. The van der Waals surface area contributed by atoms with Crippen LogP contribution in [0.1, 0.15) is 25.3 Å². The van der Waals surface area contributed by atoms with Gasteiger partial charge in [-0.2, -0.15) is 0 Å². The summed E-state index contributed by atoms with van der Waals surface area (Å²) in [5, 5.41) is 18.7. The fraction of sp³-hybridized carbons (Fsp3) is 0.316. The zero-order chi connectivity index (χ0) is 18.1. The molecule has 0 saturated heterocycles. The highest BCUT2D eigenvalue weighted by Gasteiger charge is 2.23. The Bertz CT molecular complexity index is 657. The number of benzene rings is 2. The van der Waals surface area contributed by atoms with E-state index in [1.807, 2.05) is 54.6 Å². The predicted molar refractivity (Wildman–Crippen MR) is 103 cm³/mol. The first-order chi connectivity index (χ1) is 11.9. The van der Waals surface area contributed by atoms with Gasteiger partial charge in [0.05, 0.1) is 12.0 Å². The number of ether oxygens (including phenoxy) is 1. The second-order valence-corrected chi connectivity index (χ2v) is 8.46. The summed E-state index contributed by atoms with van der Waals surface area (Å²) in [5.41, 5.74) is -0.0286. The Labute approximate surface area is 156 Å². The third-order valence-corrected chi connectivity index (χ3v) is 5.87. The Kier molecular flexibility index (Phi) is 7.68. The molecule has 6 heteroatoms. The van der Waals surface area contributed by atoms with Crippen LogP contribution in [-0.4, -0.2) is 27.5 Å². The summed E-state index contributed by atoms with van der Waals surface area (Å²) < 4.78 is 5.75. The minimum absolute atomic E-state index is 0.230. The van der Waals surface area contributed by atoms with Crippen LogP contribution in [-0.2, 0) is 11.4 Å². The molecule has 4 nitrogen and oxygen atoms in total. The van der Waals surface area contributed by atoms with Crippen molar-refractivity contribution in [2.24, 2.45) is 0 Å². The Morgan fingerprint density at radius 2 is 1.80 bits per heavy atom. The van der Waals surface area contributed by atoms with Gasteiger partial charge in [-0.3, -0.25) is 4.79 Å². The van der Waals surface area contributed by atoms with Crippen LogP contribution < -0.4 is 4.74 Å². The lowest BCUT2D eigenvalue weighted by Crippen LogP contribution is -2.28. The molecule has 2 aromatic carbocycles. The van der Waals surface area contributed by atoms with Crippen LogP contribution in [0.2, 0.25) is 0 Å². The van der Waals surface area contributed by atoms with E-state index < -0.39 is 11.6 Å². The molecule has 134 valence electrons. The van der Waals surface area contributed by atoms with Crippen LogP contribution in [0.4, 0.5) is 0 Å². The lowest BCUT2D eigenvalue weighted by Gasteiger charge is -2.20. The largest absolute Gasteiger partial charge is 0.489 e. The lowest BCUT2D eigenvalue weighted by atomic mass is 10.00.